The molecule has 1 aromatic rings. The highest BCUT2D eigenvalue weighted by Crippen LogP contribution is 2.23. The molecule has 84 valence electrons. The van der Waals surface area contributed by atoms with Crippen LogP contribution in [0, 0.1) is 0 Å². The Balaban J connectivity index is 0.00000112. The molecule has 5 heteroatoms. The molecule has 2 heterocycles. The Hall–Kier alpha value is -0.540. The van der Waals surface area contributed by atoms with E-state index in [4.69, 9.17) is 11.6 Å². The van der Waals surface area contributed by atoms with Crippen LogP contribution in [-0.2, 0) is 0 Å². The van der Waals surface area contributed by atoms with Crippen molar-refractivity contribution in [2.45, 2.75) is 25.7 Å². The normalized spacial score (nSPS) is 16.7. The number of hydrogen-bond donors (Lipinski definition) is 0. The summed E-state index contributed by atoms with van der Waals surface area (Å²) in [6.45, 7) is 2.13. The highest BCUT2D eigenvalue weighted by atomic mass is 35.5. The second-order valence-electron chi connectivity index (χ2n) is 3.60. The van der Waals surface area contributed by atoms with Crippen LogP contribution in [0.4, 0.5) is 5.82 Å². The highest BCUT2D eigenvalue weighted by Gasteiger charge is 2.13. The smallest absolute Gasteiger partial charge is 0.150 e. The van der Waals surface area contributed by atoms with Crippen molar-refractivity contribution < 1.29 is 0 Å². The minimum absolute atomic E-state index is 0. The van der Waals surface area contributed by atoms with Crippen LogP contribution in [0.1, 0.15) is 25.7 Å². The zero-order valence-corrected chi connectivity index (χ0v) is 10.1. The summed E-state index contributed by atoms with van der Waals surface area (Å²) in [4.78, 5) is 10.4. The van der Waals surface area contributed by atoms with Crippen LogP contribution in [-0.4, -0.2) is 23.1 Å². The molecule has 0 saturated carbocycles. The predicted molar refractivity (Wildman–Crippen MR) is 65.0 cm³/mol. The van der Waals surface area contributed by atoms with Crippen LogP contribution in [0.15, 0.2) is 12.5 Å². The molecule has 1 aliphatic heterocycles. The van der Waals surface area contributed by atoms with Crippen molar-refractivity contribution in [1.82, 2.24) is 9.97 Å². The summed E-state index contributed by atoms with van der Waals surface area (Å²) >= 11 is 6.04. The van der Waals surface area contributed by atoms with E-state index >= 15 is 0 Å². The van der Waals surface area contributed by atoms with Crippen molar-refractivity contribution in [2.24, 2.45) is 0 Å². The number of halogens is 2. The van der Waals surface area contributed by atoms with E-state index in [1.807, 2.05) is 0 Å². The summed E-state index contributed by atoms with van der Waals surface area (Å²) in [5.74, 6) is 0.892. The van der Waals surface area contributed by atoms with Gasteiger partial charge >= 0.3 is 0 Å². The quantitative estimate of drug-likeness (QED) is 0.765. The minimum atomic E-state index is 0. The van der Waals surface area contributed by atoms with Gasteiger partial charge < -0.3 is 4.90 Å². The van der Waals surface area contributed by atoms with E-state index in [-0.39, 0.29) is 12.4 Å². The van der Waals surface area contributed by atoms with Crippen LogP contribution in [0.2, 0.25) is 5.02 Å². The molecule has 0 unspecified atom stereocenters. The molecule has 1 saturated heterocycles. The van der Waals surface area contributed by atoms with E-state index in [1.54, 1.807) is 12.5 Å². The molecule has 1 fully saturated rings. The van der Waals surface area contributed by atoms with Crippen LogP contribution in [0.25, 0.3) is 0 Å². The van der Waals surface area contributed by atoms with E-state index in [9.17, 15) is 0 Å². The molecule has 15 heavy (non-hydrogen) atoms. The van der Waals surface area contributed by atoms with Crippen molar-refractivity contribution >= 4 is 29.8 Å². The zero-order valence-electron chi connectivity index (χ0n) is 8.53. The summed E-state index contributed by atoms with van der Waals surface area (Å²) in [6, 6.07) is 0. The molecular weight excluding hydrogens is 233 g/mol. The average Bonchev–Trinajstić information content (AvgIpc) is 2.47. The highest BCUT2D eigenvalue weighted by molar-refractivity contribution is 6.32. The molecule has 0 aromatic carbocycles. The van der Waals surface area contributed by atoms with Gasteiger partial charge in [-0.25, -0.2) is 9.97 Å². The molecule has 0 radical (unpaired) electrons. The Labute approximate surface area is 101 Å². The maximum Gasteiger partial charge on any atom is 0.150 e. The van der Waals surface area contributed by atoms with E-state index in [2.05, 4.69) is 14.9 Å². The molecule has 3 nitrogen and oxygen atoms in total. The average molecular weight is 248 g/mol. The Kier molecular flexibility index (Phi) is 5.12. The fourth-order valence-corrected chi connectivity index (χ4v) is 2.05. The molecule has 0 spiro atoms. The lowest BCUT2D eigenvalue weighted by molar-refractivity contribution is 0.726. The van der Waals surface area contributed by atoms with E-state index in [0.29, 0.717) is 5.02 Å². The van der Waals surface area contributed by atoms with Gasteiger partial charge in [0, 0.05) is 13.1 Å². The van der Waals surface area contributed by atoms with E-state index in [1.165, 1.54) is 25.7 Å². The topological polar surface area (TPSA) is 29.0 Å². The maximum absolute atomic E-state index is 6.04. The first-order valence-corrected chi connectivity index (χ1v) is 5.46. The van der Waals surface area contributed by atoms with Gasteiger partial charge in [-0.05, 0) is 12.8 Å². The van der Waals surface area contributed by atoms with E-state index in [0.717, 1.165) is 18.9 Å². The summed E-state index contributed by atoms with van der Waals surface area (Å²) in [7, 11) is 0. The van der Waals surface area contributed by atoms with Crippen LogP contribution in [0.3, 0.4) is 0 Å². The zero-order chi connectivity index (χ0) is 9.80. The molecule has 0 amide bonds. The van der Waals surface area contributed by atoms with Crippen molar-refractivity contribution in [1.29, 1.82) is 0 Å². The molecular formula is C10H15Cl2N3. The third-order valence-corrected chi connectivity index (χ3v) is 2.82. The second-order valence-corrected chi connectivity index (χ2v) is 4.00. The number of hydrogen-bond acceptors (Lipinski definition) is 3. The first-order chi connectivity index (χ1) is 6.88. The van der Waals surface area contributed by atoms with Crippen molar-refractivity contribution in [3.8, 4) is 0 Å². The van der Waals surface area contributed by atoms with Gasteiger partial charge in [-0.1, -0.05) is 24.4 Å². The first kappa shape index (κ1) is 12.5. The second kappa shape index (κ2) is 6.13. The molecule has 0 atom stereocenters. The van der Waals surface area contributed by atoms with Gasteiger partial charge in [0.1, 0.15) is 11.3 Å². The van der Waals surface area contributed by atoms with Gasteiger partial charge in [0.05, 0.1) is 6.20 Å². The van der Waals surface area contributed by atoms with Crippen LogP contribution < -0.4 is 4.90 Å². The molecule has 2 rings (SSSR count). The molecule has 0 N–H and O–H groups in total. The van der Waals surface area contributed by atoms with Crippen molar-refractivity contribution in [3.63, 3.8) is 0 Å². The van der Waals surface area contributed by atoms with Gasteiger partial charge in [-0.15, -0.1) is 12.4 Å². The molecule has 0 bridgehead atoms. The molecule has 0 aliphatic carbocycles. The molecule has 1 aliphatic rings. The largest absolute Gasteiger partial charge is 0.355 e. The SMILES string of the molecule is Cl.Clc1cncnc1N1CCCCCC1. The van der Waals surface area contributed by atoms with Gasteiger partial charge in [0.2, 0.25) is 0 Å². The van der Waals surface area contributed by atoms with Crippen molar-refractivity contribution in [2.75, 3.05) is 18.0 Å². The van der Waals surface area contributed by atoms with Gasteiger partial charge in [0.15, 0.2) is 5.82 Å². The third-order valence-electron chi connectivity index (χ3n) is 2.55. The lowest BCUT2D eigenvalue weighted by atomic mass is 10.2. The molecule has 1 aromatic heterocycles. The first-order valence-electron chi connectivity index (χ1n) is 5.08. The number of nitrogens with zero attached hydrogens (tertiary/aromatic N) is 3. The number of anilines is 1. The lowest BCUT2D eigenvalue weighted by Gasteiger charge is -2.21. The summed E-state index contributed by atoms with van der Waals surface area (Å²) in [5.41, 5.74) is 0. The monoisotopic (exact) mass is 247 g/mol. The Bertz CT molecular complexity index is 298. The summed E-state index contributed by atoms with van der Waals surface area (Å²) in [6.07, 6.45) is 8.33. The lowest BCUT2D eigenvalue weighted by Crippen LogP contribution is -2.25. The predicted octanol–water partition coefficient (Wildman–Crippen LogP) is 2.93. The van der Waals surface area contributed by atoms with Crippen molar-refractivity contribution in [3.05, 3.63) is 17.5 Å². The summed E-state index contributed by atoms with van der Waals surface area (Å²) in [5, 5.41) is 0.661. The number of aromatic nitrogens is 2. The Morgan fingerprint density at radius 2 is 1.80 bits per heavy atom. The minimum Gasteiger partial charge on any atom is -0.355 e. The fourth-order valence-electron chi connectivity index (χ4n) is 1.82. The fraction of sp³-hybridized carbons (Fsp3) is 0.600. The van der Waals surface area contributed by atoms with Gasteiger partial charge in [-0.2, -0.15) is 0 Å². The standard InChI is InChI=1S/C10H14ClN3.ClH/c11-9-7-12-8-13-10(9)14-5-3-1-2-4-6-14;/h7-8H,1-6H2;1H. The van der Waals surface area contributed by atoms with Gasteiger partial charge in [-0.3, -0.25) is 0 Å². The van der Waals surface area contributed by atoms with E-state index < -0.39 is 0 Å². The third kappa shape index (κ3) is 3.21. The van der Waals surface area contributed by atoms with Crippen LogP contribution >= 0.6 is 24.0 Å². The summed E-state index contributed by atoms with van der Waals surface area (Å²) < 4.78 is 0. The Morgan fingerprint density at radius 3 is 2.40 bits per heavy atom. The van der Waals surface area contributed by atoms with Gasteiger partial charge in [0.25, 0.3) is 0 Å². The van der Waals surface area contributed by atoms with Crippen LogP contribution in [0.5, 0.6) is 0 Å². The Morgan fingerprint density at radius 1 is 1.13 bits per heavy atom. The number of rotatable bonds is 1. The maximum atomic E-state index is 6.04.